The fourth-order valence-corrected chi connectivity index (χ4v) is 4.62. The van der Waals surface area contributed by atoms with Crippen LogP contribution in [0.1, 0.15) is 27.2 Å². The van der Waals surface area contributed by atoms with E-state index < -0.39 is 15.7 Å². The molecule has 0 fully saturated rings. The molecule has 0 saturated heterocycles. The maximum atomic E-state index is 12.3. The minimum absolute atomic E-state index is 0.279. The third kappa shape index (κ3) is 7.03. The minimum Gasteiger partial charge on any atom is -0.468 e. The molecule has 0 aliphatic carbocycles. The number of alkyl halides is 1. The van der Waals surface area contributed by atoms with Crippen LogP contribution in [0.25, 0.3) is 0 Å². The third-order valence-electron chi connectivity index (χ3n) is 3.12. The van der Waals surface area contributed by atoms with E-state index in [0.717, 1.165) is 5.03 Å². The zero-order chi connectivity index (χ0) is 18.2. The molecule has 0 N–H and O–H groups in total. The van der Waals surface area contributed by atoms with E-state index in [4.69, 9.17) is 9.47 Å². The number of rotatable bonds is 9. The highest BCUT2D eigenvalue weighted by Gasteiger charge is 2.42. The Bertz CT molecular complexity index is 552. The molecular formula is C16H22BrNO4S2. The molecule has 0 spiro atoms. The van der Waals surface area contributed by atoms with Crippen molar-refractivity contribution >= 4 is 49.5 Å². The van der Waals surface area contributed by atoms with Crippen molar-refractivity contribution in [1.29, 1.82) is 0 Å². The van der Waals surface area contributed by atoms with Crippen molar-refractivity contribution in [3.05, 3.63) is 24.4 Å². The van der Waals surface area contributed by atoms with Crippen LogP contribution in [0.4, 0.5) is 0 Å². The number of hydrogen-bond acceptors (Lipinski definition) is 7. The van der Waals surface area contributed by atoms with Gasteiger partial charge >= 0.3 is 11.9 Å². The van der Waals surface area contributed by atoms with Gasteiger partial charge in [-0.2, -0.15) is 0 Å². The number of methoxy groups -OCH3 is 1. The van der Waals surface area contributed by atoms with Crippen LogP contribution in [-0.4, -0.2) is 40.7 Å². The first kappa shape index (κ1) is 21.3. The molecule has 0 amide bonds. The summed E-state index contributed by atoms with van der Waals surface area (Å²) < 4.78 is 9.16. The van der Waals surface area contributed by atoms with E-state index in [1.54, 1.807) is 48.6 Å². The summed E-state index contributed by atoms with van der Waals surface area (Å²) in [6, 6.07) is 5.72. The fourth-order valence-electron chi connectivity index (χ4n) is 2.05. The van der Waals surface area contributed by atoms with E-state index >= 15 is 0 Å². The highest BCUT2D eigenvalue weighted by molar-refractivity contribution is 9.10. The second-order valence-electron chi connectivity index (χ2n) is 5.96. The molecule has 0 aromatic carbocycles. The van der Waals surface area contributed by atoms with Crippen LogP contribution in [-0.2, 0) is 19.1 Å². The Morgan fingerprint density at radius 2 is 1.96 bits per heavy atom. The number of pyridine rings is 1. The lowest BCUT2D eigenvalue weighted by Gasteiger charge is -2.29. The van der Waals surface area contributed by atoms with Crippen LogP contribution in [0.2, 0.25) is 0 Å². The Morgan fingerprint density at radius 3 is 2.54 bits per heavy atom. The van der Waals surface area contributed by atoms with Crippen LogP contribution in [0.5, 0.6) is 0 Å². The maximum Gasteiger partial charge on any atom is 0.322 e. The standard InChI is InChI=1S/C16H22BrNO4S2/c1-15(2,11-16(3,17)14(20)21-4)13(19)22-9-10-23-24-12-7-5-6-8-18-12/h5-8H,9-11H2,1-4H3. The van der Waals surface area contributed by atoms with Gasteiger partial charge in [-0.1, -0.05) is 32.8 Å². The van der Waals surface area contributed by atoms with Crippen molar-refractivity contribution in [3.8, 4) is 0 Å². The molecule has 1 aromatic heterocycles. The minimum atomic E-state index is -0.923. The van der Waals surface area contributed by atoms with E-state index in [2.05, 4.69) is 20.9 Å². The lowest BCUT2D eigenvalue weighted by molar-refractivity contribution is -0.155. The second kappa shape index (κ2) is 9.68. The lowest BCUT2D eigenvalue weighted by atomic mass is 9.83. The fraction of sp³-hybridized carbons (Fsp3) is 0.562. The first-order valence-electron chi connectivity index (χ1n) is 7.34. The molecule has 0 radical (unpaired) electrons. The SMILES string of the molecule is COC(=O)C(C)(Br)CC(C)(C)C(=O)OCCSSc1ccccn1. The van der Waals surface area contributed by atoms with Gasteiger partial charge in [-0.05, 0) is 50.1 Å². The van der Waals surface area contributed by atoms with E-state index in [1.807, 2.05) is 18.2 Å². The topological polar surface area (TPSA) is 65.5 Å². The Kier molecular flexibility index (Phi) is 8.59. The van der Waals surface area contributed by atoms with Crippen molar-refractivity contribution in [3.63, 3.8) is 0 Å². The number of halogens is 1. The number of carbonyl (C=O) groups excluding carboxylic acids is 2. The molecule has 0 bridgehead atoms. The highest BCUT2D eigenvalue weighted by atomic mass is 79.9. The van der Waals surface area contributed by atoms with Crippen molar-refractivity contribution in [2.75, 3.05) is 19.5 Å². The number of carbonyl (C=O) groups is 2. The van der Waals surface area contributed by atoms with Gasteiger partial charge in [-0.15, -0.1) is 0 Å². The first-order valence-corrected chi connectivity index (χ1v) is 10.5. The molecule has 0 aliphatic heterocycles. The summed E-state index contributed by atoms with van der Waals surface area (Å²) in [6.07, 6.45) is 2.02. The molecular weight excluding hydrogens is 414 g/mol. The molecule has 0 aliphatic rings. The monoisotopic (exact) mass is 435 g/mol. The van der Waals surface area contributed by atoms with Crippen LogP contribution in [0.3, 0.4) is 0 Å². The summed E-state index contributed by atoms with van der Waals surface area (Å²) in [6.45, 7) is 5.51. The summed E-state index contributed by atoms with van der Waals surface area (Å²) in [4.78, 5) is 28.2. The third-order valence-corrected chi connectivity index (χ3v) is 5.95. The van der Waals surface area contributed by atoms with Gasteiger partial charge in [0, 0.05) is 11.9 Å². The molecule has 24 heavy (non-hydrogen) atoms. The molecule has 134 valence electrons. The van der Waals surface area contributed by atoms with Gasteiger partial charge in [0.1, 0.15) is 16.0 Å². The van der Waals surface area contributed by atoms with Gasteiger partial charge in [0.2, 0.25) is 0 Å². The van der Waals surface area contributed by atoms with Crippen LogP contribution >= 0.6 is 37.5 Å². The van der Waals surface area contributed by atoms with Crippen molar-refractivity contribution in [1.82, 2.24) is 4.98 Å². The molecule has 1 rings (SSSR count). The van der Waals surface area contributed by atoms with Crippen molar-refractivity contribution in [2.45, 2.75) is 36.5 Å². The molecule has 5 nitrogen and oxygen atoms in total. The lowest BCUT2D eigenvalue weighted by Crippen LogP contribution is -2.39. The number of esters is 2. The number of hydrogen-bond donors (Lipinski definition) is 0. The average Bonchev–Trinajstić information content (AvgIpc) is 2.53. The summed E-state index contributed by atoms with van der Waals surface area (Å²) in [5.41, 5.74) is -0.800. The quantitative estimate of drug-likeness (QED) is 0.250. The average molecular weight is 436 g/mol. The normalized spacial score (nSPS) is 13.9. The molecule has 8 heteroatoms. The van der Waals surface area contributed by atoms with Gasteiger partial charge in [-0.3, -0.25) is 9.59 Å². The Morgan fingerprint density at radius 1 is 1.25 bits per heavy atom. The Hall–Kier alpha value is -0.730. The van der Waals surface area contributed by atoms with Crippen molar-refractivity contribution < 1.29 is 19.1 Å². The zero-order valence-electron chi connectivity index (χ0n) is 14.2. The Balaban J connectivity index is 2.36. The largest absolute Gasteiger partial charge is 0.468 e. The summed E-state index contributed by atoms with van der Waals surface area (Å²) in [5.74, 6) is -0.0859. The number of nitrogens with zero attached hydrogens (tertiary/aromatic N) is 1. The van der Waals surface area contributed by atoms with Crippen LogP contribution in [0.15, 0.2) is 29.4 Å². The highest BCUT2D eigenvalue weighted by Crippen LogP contribution is 2.36. The van der Waals surface area contributed by atoms with Gasteiger partial charge in [-0.25, -0.2) is 4.98 Å². The summed E-state index contributed by atoms with van der Waals surface area (Å²) in [7, 11) is 4.44. The maximum absolute atomic E-state index is 12.3. The van der Waals surface area contributed by atoms with Gasteiger partial charge < -0.3 is 9.47 Å². The smallest absolute Gasteiger partial charge is 0.322 e. The molecule has 1 aromatic rings. The van der Waals surface area contributed by atoms with Gasteiger partial charge in [0.15, 0.2) is 0 Å². The molecule has 1 atom stereocenters. The summed E-state index contributed by atoms with van der Waals surface area (Å²) in [5, 5.41) is 0.919. The van der Waals surface area contributed by atoms with Crippen molar-refractivity contribution in [2.24, 2.45) is 5.41 Å². The predicted octanol–water partition coefficient (Wildman–Crippen LogP) is 4.11. The predicted molar refractivity (Wildman–Crippen MR) is 101 cm³/mol. The molecule has 1 heterocycles. The van der Waals surface area contributed by atoms with Gasteiger partial charge in [0.05, 0.1) is 12.5 Å². The van der Waals surface area contributed by atoms with E-state index in [0.29, 0.717) is 12.4 Å². The zero-order valence-corrected chi connectivity index (χ0v) is 17.4. The second-order valence-corrected chi connectivity index (χ2v) is 10.1. The van der Waals surface area contributed by atoms with Crippen LogP contribution < -0.4 is 0 Å². The van der Waals surface area contributed by atoms with Crippen LogP contribution in [0, 0.1) is 5.41 Å². The van der Waals surface area contributed by atoms with E-state index in [1.165, 1.54) is 7.11 Å². The molecule has 0 saturated carbocycles. The van der Waals surface area contributed by atoms with E-state index in [-0.39, 0.29) is 12.4 Å². The number of aromatic nitrogens is 1. The molecule has 1 unspecified atom stereocenters. The van der Waals surface area contributed by atoms with E-state index in [9.17, 15) is 9.59 Å². The van der Waals surface area contributed by atoms with Gasteiger partial charge in [0.25, 0.3) is 0 Å². The summed E-state index contributed by atoms with van der Waals surface area (Å²) >= 11 is 3.33. The first-order chi connectivity index (χ1) is 11.2. The Labute approximate surface area is 159 Å². The number of ether oxygens (including phenoxy) is 2.